The van der Waals surface area contributed by atoms with Crippen molar-refractivity contribution in [3.05, 3.63) is 32.7 Å². The molecular weight excluding hydrogens is 338 g/mol. The van der Waals surface area contributed by atoms with Gasteiger partial charge in [0, 0.05) is 14.5 Å². The van der Waals surface area contributed by atoms with Gasteiger partial charge in [-0.15, -0.1) is 0 Å². The molecule has 0 bridgehead atoms. The van der Waals surface area contributed by atoms with Gasteiger partial charge in [-0.1, -0.05) is 38.8 Å². The molecule has 16 heavy (non-hydrogen) atoms. The maximum Gasteiger partial charge on any atom is 0.251 e. The number of carbonyl (C=O) groups excluding carboxylic acids is 1. The molecule has 0 aromatic heterocycles. The highest BCUT2D eigenvalue weighted by Crippen LogP contribution is 2.20. The summed E-state index contributed by atoms with van der Waals surface area (Å²) in [5.74, 6) is -0.178. The molecule has 0 aliphatic rings. The fraction of sp³-hybridized carbons (Fsp3) is 0.364. The molecule has 88 valence electrons. The van der Waals surface area contributed by atoms with E-state index in [1.165, 1.54) is 0 Å². The second-order valence-electron chi connectivity index (χ2n) is 3.42. The van der Waals surface area contributed by atoms with Crippen LogP contribution in [0.3, 0.4) is 0 Å². The van der Waals surface area contributed by atoms with Gasteiger partial charge in [0.1, 0.15) is 0 Å². The first kappa shape index (κ1) is 13.7. The molecule has 0 aliphatic carbocycles. The summed E-state index contributed by atoms with van der Waals surface area (Å²) in [4.78, 5) is 11.8. The van der Waals surface area contributed by atoms with Crippen molar-refractivity contribution in [3.63, 3.8) is 0 Å². The van der Waals surface area contributed by atoms with Gasteiger partial charge in [-0.25, -0.2) is 0 Å². The van der Waals surface area contributed by atoms with Gasteiger partial charge in [0.15, 0.2) is 0 Å². The van der Waals surface area contributed by atoms with Crippen LogP contribution < -0.4 is 5.32 Å². The maximum absolute atomic E-state index is 11.8. The second kappa shape index (κ2) is 6.37. The van der Waals surface area contributed by atoms with Gasteiger partial charge in [-0.3, -0.25) is 4.79 Å². The number of carbonyl (C=O) groups is 1. The van der Waals surface area contributed by atoms with E-state index in [4.69, 9.17) is 5.11 Å². The van der Waals surface area contributed by atoms with Crippen molar-refractivity contribution in [3.8, 4) is 0 Å². The Hall–Kier alpha value is -0.390. The zero-order valence-electron chi connectivity index (χ0n) is 8.84. The number of aliphatic hydroxyl groups excluding tert-OH is 1. The standard InChI is InChI=1S/C11H13Br2NO2/c1-2-10(6-15)14-11(16)7-3-8(12)5-9(13)4-7/h3-5,10,15H,2,6H2,1H3,(H,14,16)/t10-/m1/s1. The van der Waals surface area contributed by atoms with Crippen molar-refractivity contribution >= 4 is 37.8 Å². The molecule has 1 atom stereocenters. The third-order valence-electron chi connectivity index (χ3n) is 2.17. The molecule has 5 heteroatoms. The van der Waals surface area contributed by atoms with Crippen LogP contribution in [0.5, 0.6) is 0 Å². The number of nitrogens with one attached hydrogen (secondary N) is 1. The first-order valence-electron chi connectivity index (χ1n) is 4.94. The summed E-state index contributed by atoms with van der Waals surface area (Å²) in [6.07, 6.45) is 0.706. The first-order valence-corrected chi connectivity index (χ1v) is 6.53. The predicted molar refractivity (Wildman–Crippen MR) is 70.5 cm³/mol. The lowest BCUT2D eigenvalue weighted by Gasteiger charge is -2.14. The van der Waals surface area contributed by atoms with E-state index in [0.29, 0.717) is 12.0 Å². The smallest absolute Gasteiger partial charge is 0.251 e. The number of halogens is 2. The fourth-order valence-corrected chi connectivity index (χ4v) is 2.52. The number of rotatable bonds is 4. The molecule has 0 heterocycles. The van der Waals surface area contributed by atoms with Crippen LogP contribution in [0.4, 0.5) is 0 Å². The Morgan fingerprint density at radius 3 is 2.38 bits per heavy atom. The van der Waals surface area contributed by atoms with Gasteiger partial charge in [0.05, 0.1) is 12.6 Å². The Balaban J connectivity index is 2.80. The van der Waals surface area contributed by atoms with E-state index in [2.05, 4.69) is 37.2 Å². The van der Waals surface area contributed by atoms with E-state index in [1.54, 1.807) is 12.1 Å². The van der Waals surface area contributed by atoms with E-state index in [0.717, 1.165) is 8.95 Å². The monoisotopic (exact) mass is 349 g/mol. The number of aliphatic hydroxyl groups is 1. The molecular formula is C11H13Br2NO2. The number of hydrogen-bond donors (Lipinski definition) is 2. The third kappa shape index (κ3) is 3.88. The van der Waals surface area contributed by atoms with Crippen molar-refractivity contribution in [1.29, 1.82) is 0 Å². The SMILES string of the molecule is CC[C@H](CO)NC(=O)c1cc(Br)cc(Br)c1. The van der Waals surface area contributed by atoms with Crippen molar-refractivity contribution < 1.29 is 9.90 Å². The van der Waals surface area contributed by atoms with Crippen molar-refractivity contribution in [2.45, 2.75) is 19.4 Å². The minimum Gasteiger partial charge on any atom is -0.394 e. The zero-order valence-corrected chi connectivity index (χ0v) is 12.0. The molecule has 2 N–H and O–H groups in total. The van der Waals surface area contributed by atoms with Crippen LogP contribution in [-0.2, 0) is 0 Å². The summed E-state index contributed by atoms with van der Waals surface area (Å²) >= 11 is 6.64. The molecule has 1 amide bonds. The van der Waals surface area contributed by atoms with Crippen molar-refractivity contribution in [1.82, 2.24) is 5.32 Å². The van der Waals surface area contributed by atoms with E-state index in [-0.39, 0.29) is 18.6 Å². The summed E-state index contributed by atoms with van der Waals surface area (Å²) in [6, 6.07) is 5.15. The van der Waals surface area contributed by atoms with E-state index in [9.17, 15) is 4.79 Å². The predicted octanol–water partition coefficient (Wildman–Crippen LogP) is 2.71. The Morgan fingerprint density at radius 1 is 1.38 bits per heavy atom. The van der Waals surface area contributed by atoms with Gasteiger partial charge in [-0.2, -0.15) is 0 Å². The molecule has 0 saturated carbocycles. The number of hydrogen-bond acceptors (Lipinski definition) is 2. The minimum atomic E-state index is -0.190. The average molecular weight is 351 g/mol. The van der Waals surface area contributed by atoms with Crippen LogP contribution in [0.1, 0.15) is 23.7 Å². The molecule has 1 aromatic rings. The summed E-state index contributed by atoms with van der Waals surface area (Å²) in [5, 5.41) is 11.8. The molecule has 0 saturated heterocycles. The van der Waals surface area contributed by atoms with Gasteiger partial charge >= 0.3 is 0 Å². The van der Waals surface area contributed by atoms with Gasteiger partial charge in [0.2, 0.25) is 0 Å². The van der Waals surface area contributed by atoms with E-state index < -0.39 is 0 Å². The molecule has 0 radical (unpaired) electrons. The lowest BCUT2D eigenvalue weighted by molar-refractivity contribution is 0.0915. The Kier molecular flexibility index (Phi) is 5.44. The van der Waals surface area contributed by atoms with Crippen LogP contribution in [-0.4, -0.2) is 23.7 Å². The zero-order chi connectivity index (χ0) is 12.1. The van der Waals surface area contributed by atoms with Crippen LogP contribution >= 0.6 is 31.9 Å². The maximum atomic E-state index is 11.8. The largest absolute Gasteiger partial charge is 0.394 e. The first-order chi connectivity index (χ1) is 7.56. The van der Waals surface area contributed by atoms with Crippen molar-refractivity contribution in [2.75, 3.05) is 6.61 Å². The lowest BCUT2D eigenvalue weighted by atomic mass is 10.2. The summed E-state index contributed by atoms with van der Waals surface area (Å²) in [6.45, 7) is 1.87. The quantitative estimate of drug-likeness (QED) is 0.877. The lowest BCUT2D eigenvalue weighted by Crippen LogP contribution is -2.36. The highest BCUT2D eigenvalue weighted by molar-refractivity contribution is 9.11. The van der Waals surface area contributed by atoms with Crippen LogP contribution in [0.15, 0.2) is 27.1 Å². The van der Waals surface area contributed by atoms with Gasteiger partial charge < -0.3 is 10.4 Å². The van der Waals surface area contributed by atoms with E-state index in [1.807, 2.05) is 13.0 Å². The average Bonchev–Trinajstić information content (AvgIpc) is 2.24. The normalized spacial score (nSPS) is 12.2. The van der Waals surface area contributed by atoms with Crippen LogP contribution in [0, 0.1) is 0 Å². The summed E-state index contributed by atoms with van der Waals surface area (Å²) in [5.41, 5.74) is 0.563. The molecule has 0 aliphatic heterocycles. The highest BCUT2D eigenvalue weighted by atomic mass is 79.9. The van der Waals surface area contributed by atoms with Gasteiger partial charge in [-0.05, 0) is 24.6 Å². The Labute approximate surface area is 111 Å². The summed E-state index contributed by atoms with van der Waals surface area (Å²) < 4.78 is 1.67. The summed E-state index contributed by atoms with van der Waals surface area (Å²) in [7, 11) is 0. The van der Waals surface area contributed by atoms with Crippen LogP contribution in [0.2, 0.25) is 0 Å². The number of amides is 1. The third-order valence-corrected chi connectivity index (χ3v) is 3.09. The minimum absolute atomic E-state index is 0.0442. The fourth-order valence-electron chi connectivity index (χ4n) is 1.23. The second-order valence-corrected chi connectivity index (χ2v) is 5.25. The molecule has 0 spiro atoms. The molecule has 0 fully saturated rings. The molecule has 0 unspecified atom stereocenters. The molecule has 3 nitrogen and oxygen atoms in total. The number of benzene rings is 1. The van der Waals surface area contributed by atoms with E-state index >= 15 is 0 Å². The van der Waals surface area contributed by atoms with Crippen molar-refractivity contribution in [2.24, 2.45) is 0 Å². The molecule has 1 rings (SSSR count). The highest BCUT2D eigenvalue weighted by Gasteiger charge is 2.12. The topological polar surface area (TPSA) is 49.3 Å². The molecule has 1 aromatic carbocycles. The Morgan fingerprint density at radius 2 is 1.94 bits per heavy atom. The Bertz CT molecular complexity index is 358. The van der Waals surface area contributed by atoms with Gasteiger partial charge in [0.25, 0.3) is 5.91 Å². The van der Waals surface area contributed by atoms with Crippen LogP contribution in [0.25, 0.3) is 0 Å².